The molecule has 0 radical (unpaired) electrons. The number of nitrogens with zero attached hydrogens (tertiary/aromatic N) is 6. The molecule has 1 N–H and O–H groups in total. The zero-order chi connectivity index (χ0) is 26.8. The Kier molecular flexibility index (Phi) is 7.25. The Hall–Kier alpha value is -3.83. The van der Waals surface area contributed by atoms with Crippen molar-refractivity contribution < 1.29 is 13.9 Å². The molecule has 2 aromatic carbocycles. The van der Waals surface area contributed by atoms with E-state index in [0.717, 1.165) is 36.1 Å². The fourth-order valence-corrected chi connectivity index (χ4v) is 5.61. The van der Waals surface area contributed by atoms with Gasteiger partial charge in [0.2, 0.25) is 0 Å². The van der Waals surface area contributed by atoms with Gasteiger partial charge in [-0.05, 0) is 66.6 Å². The number of hydrogen-bond donors (Lipinski definition) is 1. The van der Waals surface area contributed by atoms with Gasteiger partial charge in [0.25, 0.3) is 5.56 Å². The van der Waals surface area contributed by atoms with Crippen LogP contribution in [0.15, 0.2) is 53.3 Å². The number of fused-ring (bicyclic) bond motifs is 1. The summed E-state index contributed by atoms with van der Waals surface area (Å²) in [6.45, 7) is 6.14. The van der Waals surface area contributed by atoms with Gasteiger partial charge >= 0.3 is 0 Å². The van der Waals surface area contributed by atoms with Gasteiger partial charge in [0.05, 0.1) is 24.9 Å². The highest BCUT2D eigenvalue weighted by Crippen LogP contribution is 2.30. The molecule has 6 rings (SSSR count). The first-order valence-electron chi connectivity index (χ1n) is 13.5. The summed E-state index contributed by atoms with van der Waals surface area (Å²) >= 11 is 0. The van der Waals surface area contributed by atoms with E-state index in [9.17, 15) is 9.18 Å². The van der Waals surface area contributed by atoms with Gasteiger partial charge in [-0.25, -0.2) is 9.07 Å². The second-order valence-electron chi connectivity index (χ2n) is 9.97. The van der Waals surface area contributed by atoms with E-state index in [1.54, 1.807) is 16.8 Å². The molecule has 10 nitrogen and oxygen atoms in total. The number of benzene rings is 2. The first-order valence-corrected chi connectivity index (χ1v) is 13.5. The number of rotatable bonds is 8. The lowest BCUT2D eigenvalue weighted by molar-refractivity contribution is 0.0906. The molecule has 0 amide bonds. The molecular weight excluding hydrogens is 501 g/mol. The summed E-state index contributed by atoms with van der Waals surface area (Å²) in [5, 5.41) is 13.6. The summed E-state index contributed by atoms with van der Waals surface area (Å²) < 4.78 is 27.8. The van der Waals surface area contributed by atoms with E-state index in [0.29, 0.717) is 56.4 Å². The molecule has 0 aliphatic carbocycles. The zero-order valence-corrected chi connectivity index (χ0v) is 21.9. The lowest BCUT2D eigenvalue weighted by atomic mass is 10.0. The normalized spacial score (nSPS) is 19.0. The molecule has 2 aliphatic heterocycles. The van der Waals surface area contributed by atoms with Crippen LogP contribution in [0.1, 0.15) is 37.2 Å². The van der Waals surface area contributed by atoms with E-state index in [-0.39, 0.29) is 17.5 Å². The number of nitrogens with one attached hydrogen (secondary N) is 1. The molecule has 0 saturated carbocycles. The van der Waals surface area contributed by atoms with Crippen molar-refractivity contribution in [2.45, 2.75) is 38.5 Å². The highest BCUT2D eigenvalue weighted by Gasteiger charge is 2.34. The second kappa shape index (κ2) is 11.1. The number of piperazine rings is 1. The fraction of sp³-hybridized carbons (Fsp3) is 0.429. The molecule has 2 unspecified atom stereocenters. The van der Waals surface area contributed by atoms with Crippen molar-refractivity contribution >= 4 is 16.6 Å². The van der Waals surface area contributed by atoms with Crippen molar-refractivity contribution in [1.29, 1.82) is 0 Å². The quantitative estimate of drug-likeness (QED) is 0.369. The molecule has 204 valence electrons. The summed E-state index contributed by atoms with van der Waals surface area (Å²) in [5.74, 6) is 1.09. The topological polar surface area (TPSA) is 101 Å². The van der Waals surface area contributed by atoms with Crippen LogP contribution in [0, 0.1) is 5.82 Å². The van der Waals surface area contributed by atoms with Gasteiger partial charge in [-0.1, -0.05) is 12.1 Å². The number of pyridine rings is 1. The van der Waals surface area contributed by atoms with Crippen LogP contribution in [-0.2, 0) is 11.3 Å². The second-order valence-corrected chi connectivity index (χ2v) is 9.97. The van der Waals surface area contributed by atoms with Crippen molar-refractivity contribution in [2.24, 2.45) is 0 Å². The molecule has 2 aromatic heterocycles. The van der Waals surface area contributed by atoms with Crippen LogP contribution in [0.2, 0.25) is 0 Å². The summed E-state index contributed by atoms with van der Waals surface area (Å²) in [7, 11) is 0. The third-order valence-electron chi connectivity index (χ3n) is 7.53. The smallest absolute Gasteiger partial charge is 0.253 e. The first kappa shape index (κ1) is 25.4. The minimum Gasteiger partial charge on any atom is -0.494 e. The van der Waals surface area contributed by atoms with Gasteiger partial charge in [0.15, 0.2) is 5.82 Å². The van der Waals surface area contributed by atoms with E-state index in [1.807, 2.05) is 42.2 Å². The van der Waals surface area contributed by atoms with Crippen LogP contribution >= 0.6 is 0 Å². The van der Waals surface area contributed by atoms with Gasteiger partial charge in [-0.2, -0.15) is 0 Å². The molecular formula is C28H32FN7O3. The predicted octanol–water partition coefficient (Wildman–Crippen LogP) is 3.14. The van der Waals surface area contributed by atoms with Crippen molar-refractivity contribution in [1.82, 2.24) is 30.1 Å². The Morgan fingerprint density at radius 1 is 1.15 bits per heavy atom. The molecule has 11 heteroatoms. The molecule has 2 saturated heterocycles. The number of ether oxygens (including phenoxy) is 2. The van der Waals surface area contributed by atoms with Gasteiger partial charge in [0, 0.05) is 49.3 Å². The zero-order valence-electron chi connectivity index (χ0n) is 21.9. The number of para-hydroxylation sites is 1. The van der Waals surface area contributed by atoms with Crippen molar-refractivity contribution in [3.05, 3.63) is 76.1 Å². The van der Waals surface area contributed by atoms with E-state index >= 15 is 0 Å². The van der Waals surface area contributed by atoms with Crippen molar-refractivity contribution in [2.75, 3.05) is 44.3 Å². The largest absolute Gasteiger partial charge is 0.494 e. The Morgan fingerprint density at radius 3 is 2.77 bits per heavy atom. The lowest BCUT2D eigenvalue weighted by Crippen LogP contribution is -2.49. The fourth-order valence-electron chi connectivity index (χ4n) is 5.61. The van der Waals surface area contributed by atoms with E-state index in [2.05, 4.69) is 25.4 Å². The number of hydrogen-bond acceptors (Lipinski definition) is 8. The highest BCUT2D eigenvalue weighted by atomic mass is 19.1. The van der Waals surface area contributed by atoms with E-state index < -0.39 is 6.04 Å². The van der Waals surface area contributed by atoms with Gasteiger partial charge in [-0.3, -0.25) is 9.69 Å². The minimum absolute atomic E-state index is 0.0365. The monoisotopic (exact) mass is 533 g/mol. The number of tetrazole rings is 1. The molecule has 0 bridgehead atoms. The SMILES string of the molecule is CCOc1ccc2[nH]c(=O)c(C(c3nnnn3CC3CCCO3)N3CCN(c4ccccc4F)CC3)cc2c1. The van der Waals surface area contributed by atoms with E-state index in [1.165, 1.54) is 6.07 Å². The summed E-state index contributed by atoms with van der Waals surface area (Å²) in [6.07, 6.45) is 1.99. The maximum atomic E-state index is 14.5. The van der Waals surface area contributed by atoms with E-state index in [4.69, 9.17) is 9.47 Å². The Morgan fingerprint density at radius 2 is 2.00 bits per heavy atom. The van der Waals surface area contributed by atoms with Crippen molar-refractivity contribution in [3.8, 4) is 5.75 Å². The van der Waals surface area contributed by atoms with Crippen LogP contribution in [0.25, 0.3) is 10.9 Å². The van der Waals surface area contributed by atoms with Crippen LogP contribution in [0.3, 0.4) is 0 Å². The van der Waals surface area contributed by atoms with Gasteiger partial charge in [0.1, 0.15) is 17.6 Å². The maximum absolute atomic E-state index is 14.5. The molecule has 0 spiro atoms. The number of halogens is 1. The Balaban J connectivity index is 1.37. The highest BCUT2D eigenvalue weighted by molar-refractivity contribution is 5.80. The number of aromatic nitrogens is 5. The minimum atomic E-state index is -0.493. The van der Waals surface area contributed by atoms with Crippen molar-refractivity contribution in [3.63, 3.8) is 0 Å². The average Bonchev–Trinajstić information content (AvgIpc) is 3.63. The Labute approximate surface area is 225 Å². The van der Waals surface area contributed by atoms with Gasteiger partial charge in [-0.15, -0.1) is 5.10 Å². The standard InChI is InChI=1S/C28H32FN7O3/c1-2-38-20-9-10-24-19(16-20)17-22(28(37)30-24)26(27-31-32-33-36(27)18-21-6-5-15-39-21)35-13-11-34(12-14-35)25-8-4-3-7-23(25)29/h3-4,7-10,16-17,21,26H,2,5-6,11-15,18H2,1H3,(H,30,37). The van der Waals surface area contributed by atoms with Crippen LogP contribution in [-0.4, -0.2) is 75.6 Å². The number of aromatic amines is 1. The molecule has 39 heavy (non-hydrogen) atoms. The number of H-pyrrole nitrogens is 1. The lowest BCUT2D eigenvalue weighted by Gasteiger charge is -2.39. The first-order chi connectivity index (χ1) is 19.1. The summed E-state index contributed by atoms with van der Waals surface area (Å²) in [5.41, 5.74) is 1.68. The maximum Gasteiger partial charge on any atom is 0.253 e. The van der Waals surface area contributed by atoms with Crippen LogP contribution < -0.4 is 15.2 Å². The van der Waals surface area contributed by atoms with Crippen LogP contribution in [0.5, 0.6) is 5.75 Å². The van der Waals surface area contributed by atoms with Crippen LogP contribution in [0.4, 0.5) is 10.1 Å². The predicted molar refractivity (Wildman–Crippen MR) is 145 cm³/mol. The number of anilines is 1. The summed E-state index contributed by atoms with van der Waals surface area (Å²) in [6, 6.07) is 13.9. The third-order valence-corrected chi connectivity index (χ3v) is 7.53. The molecule has 4 heterocycles. The third kappa shape index (κ3) is 5.24. The molecule has 2 atom stereocenters. The summed E-state index contributed by atoms with van der Waals surface area (Å²) in [4.78, 5) is 20.8. The molecule has 2 aliphatic rings. The average molecular weight is 534 g/mol. The molecule has 4 aromatic rings. The molecule has 2 fully saturated rings. The Bertz CT molecular complexity index is 1490. The van der Waals surface area contributed by atoms with Gasteiger partial charge < -0.3 is 19.4 Å².